The molecular weight excluding hydrogens is 246 g/mol. The van der Waals surface area contributed by atoms with Crippen molar-refractivity contribution in [3.8, 4) is 0 Å². The van der Waals surface area contributed by atoms with Crippen molar-refractivity contribution in [3.05, 3.63) is 33.8 Å². The Morgan fingerprint density at radius 3 is 2.89 bits per heavy atom. The zero-order valence-corrected chi connectivity index (χ0v) is 11.9. The maximum Gasteiger partial charge on any atom is 0.203 e. The first kappa shape index (κ1) is 13.1. The van der Waals surface area contributed by atoms with Crippen LogP contribution in [0.1, 0.15) is 16.8 Å². The van der Waals surface area contributed by atoms with E-state index in [0.717, 1.165) is 24.7 Å². The van der Waals surface area contributed by atoms with E-state index in [1.807, 2.05) is 13.1 Å². The lowest BCUT2D eigenvalue weighted by molar-refractivity contribution is 0.187. The van der Waals surface area contributed by atoms with E-state index in [4.69, 9.17) is 4.74 Å². The average Bonchev–Trinajstić information content (AvgIpc) is 2.90. The van der Waals surface area contributed by atoms with Gasteiger partial charge in [0.05, 0.1) is 12.3 Å². The molecule has 2 rings (SSSR count). The van der Waals surface area contributed by atoms with Crippen LogP contribution in [0.15, 0.2) is 17.0 Å². The van der Waals surface area contributed by atoms with Crippen molar-refractivity contribution in [2.75, 3.05) is 19.0 Å². The summed E-state index contributed by atoms with van der Waals surface area (Å²) in [6.45, 7) is 6.48. The summed E-state index contributed by atoms with van der Waals surface area (Å²) in [6, 6.07) is 0. The highest BCUT2D eigenvalue weighted by atomic mass is 32.1. The van der Waals surface area contributed by atoms with Gasteiger partial charge in [-0.3, -0.25) is 0 Å². The summed E-state index contributed by atoms with van der Waals surface area (Å²) >= 11 is 1.74. The number of imidazole rings is 1. The molecule has 2 aromatic heterocycles. The van der Waals surface area contributed by atoms with Crippen LogP contribution in [0.2, 0.25) is 0 Å². The van der Waals surface area contributed by atoms with Gasteiger partial charge in [-0.25, -0.2) is 4.98 Å². The van der Waals surface area contributed by atoms with Crippen LogP contribution in [0, 0.1) is 13.8 Å². The second-order valence-corrected chi connectivity index (χ2v) is 5.07. The molecule has 0 amide bonds. The number of anilines is 1. The molecule has 0 aliphatic heterocycles. The molecule has 98 valence electrons. The number of aryl methyl sites for hydroxylation is 2. The number of nitrogens with zero attached hydrogens (tertiary/aromatic N) is 2. The smallest absolute Gasteiger partial charge is 0.203 e. The van der Waals surface area contributed by atoms with Gasteiger partial charge in [0, 0.05) is 26.4 Å². The summed E-state index contributed by atoms with van der Waals surface area (Å²) in [5.41, 5.74) is 3.69. The molecule has 0 spiro atoms. The van der Waals surface area contributed by atoms with Crippen LogP contribution in [0.4, 0.5) is 5.95 Å². The SMILES string of the molecule is COCCn1cc(C)nc1NCc1cscc1C. The predicted octanol–water partition coefficient (Wildman–Crippen LogP) is 2.82. The predicted molar refractivity (Wildman–Crippen MR) is 75.2 cm³/mol. The highest BCUT2D eigenvalue weighted by Gasteiger charge is 2.06. The normalized spacial score (nSPS) is 10.8. The molecule has 0 aromatic carbocycles. The summed E-state index contributed by atoms with van der Waals surface area (Å²) in [7, 11) is 1.71. The van der Waals surface area contributed by atoms with Crippen molar-refractivity contribution in [3.63, 3.8) is 0 Å². The van der Waals surface area contributed by atoms with Crippen molar-refractivity contribution in [1.82, 2.24) is 9.55 Å². The van der Waals surface area contributed by atoms with Crippen LogP contribution < -0.4 is 5.32 Å². The monoisotopic (exact) mass is 265 g/mol. The Morgan fingerprint density at radius 2 is 2.22 bits per heavy atom. The van der Waals surface area contributed by atoms with Crippen LogP contribution in [0.25, 0.3) is 0 Å². The van der Waals surface area contributed by atoms with Crippen molar-refractivity contribution < 1.29 is 4.74 Å². The van der Waals surface area contributed by atoms with Gasteiger partial charge in [0.25, 0.3) is 0 Å². The first-order chi connectivity index (χ1) is 8.70. The summed E-state index contributed by atoms with van der Waals surface area (Å²) in [4.78, 5) is 4.49. The number of ether oxygens (including phenoxy) is 1. The molecule has 2 heterocycles. The lowest BCUT2D eigenvalue weighted by Crippen LogP contribution is -2.10. The molecule has 1 N–H and O–H groups in total. The number of hydrogen-bond acceptors (Lipinski definition) is 4. The second-order valence-electron chi connectivity index (χ2n) is 4.33. The standard InChI is InChI=1S/C13H19N3OS/c1-10-8-18-9-12(10)6-14-13-15-11(2)7-16(13)4-5-17-3/h7-9H,4-6H2,1-3H3,(H,14,15). The molecular formula is C13H19N3OS. The van der Waals surface area contributed by atoms with Gasteiger partial charge in [-0.15, -0.1) is 0 Å². The van der Waals surface area contributed by atoms with Gasteiger partial charge >= 0.3 is 0 Å². The van der Waals surface area contributed by atoms with Crippen LogP contribution >= 0.6 is 11.3 Å². The van der Waals surface area contributed by atoms with Gasteiger partial charge < -0.3 is 14.6 Å². The number of nitrogens with one attached hydrogen (secondary N) is 1. The first-order valence-electron chi connectivity index (χ1n) is 5.99. The van der Waals surface area contributed by atoms with Gasteiger partial charge in [-0.05, 0) is 35.7 Å². The number of aromatic nitrogens is 2. The molecule has 0 atom stereocenters. The first-order valence-corrected chi connectivity index (χ1v) is 6.93. The number of rotatable bonds is 6. The number of thiophene rings is 1. The van der Waals surface area contributed by atoms with Crippen molar-refractivity contribution in [2.24, 2.45) is 0 Å². The van der Waals surface area contributed by atoms with Crippen molar-refractivity contribution in [1.29, 1.82) is 0 Å². The molecule has 0 unspecified atom stereocenters. The van der Waals surface area contributed by atoms with Crippen molar-refractivity contribution >= 4 is 17.3 Å². The van der Waals surface area contributed by atoms with Gasteiger partial charge in [-0.2, -0.15) is 11.3 Å². The molecule has 2 aromatic rings. The maximum atomic E-state index is 5.10. The molecule has 0 aliphatic carbocycles. The van der Waals surface area contributed by atoms with E-state index in [9.17, 15) is 0 Å². The maximum absolute atomic E-state index is 5.10. The molecule has 4 nitrogen and oxygen atoms in total. The zero-order valence-electron chi connectivity index (χ0n) is 11.1. The number of methoxy groups -OCH3 is 1. The van der Waals surface area contributed by atoms with E-state index in [1.54, 1.807) is 18.4 Å². The molecule has 18 heavy (non-hydrogen) atoms. The minimum Gasteiger partial charge on any atom is -0.383 e. The Balaban J connectivity index is 2.02. The number of hydrogen-bond donors (Lipinski definition) is 1. The van der Waals surface area contributed by atoms with Gasteiger partial charge in [0.1, 0.15) is 0 Å². The fraction of sp³-hybridized carbons (Fsp3) is 0.462. The van der Waals surface area contributed by atoms with E-state index >= 15 is 0 Å². The zero-order chi connectivity index (χ0) is 13.0. The second kappa shape index (κ2) is 6.02. The lowest BCUT2D eigenvalue weighted by Gasteiger charge is -2.09. The Kier molecular flexibility index (Phi) is 4.38. The third kappa shape index (κ3) is 3.11. The Labute approximate surface area is 112 Å². The molecule has 0 fully saturated rings. The average molecular weight is 265 g/mol. The molecule has 0 saturated carbocycles. The minimum absolute atomic E-state index is 0.696. The largest absolute Gasteiger partial charge is 0.383 e. The highest BCUT2D eigenvalue weighted by molar-refractivity contribution is 7.08. The summed E-state index contributed by atoms with van der Waals surface area (Å²) in [5.74, 6) is 0.912. The van der Waals surface area contributed by atoms with E-state index < -0.39 is 0 Å². The Morgan fingerprint density at radius 1 is 1.39 bits per heavy atom. The van der Waals surface area contributed by atoms with E-state index in [-0.39, 0.29) is 0 Å². The fourth-order valence-electron chi connectivity index (χ4n) is 1.79. The molecule has 0 bridgehead atoms. The molecule has 5 heteroatoms. The molecule has 0 saturated heterocycles. The molecule has 0 radical (unpaired) electrons. The molecule has 0 aliphatic rings. The van der Waals surface area contributed by atoms with Crippen LogP contribution in [0.5, 0.6) is 0 Å². The van der Waals surface area contributed by atoms with E-state index in [2.05, 4.69) is 32.6 Å². The quantitative estimate of drug-likeness (QED) is 0.873. The lowest BCUT2D eigenvalue weighted by atomic mass is 10.2. The van der Waals surface area contributed by atoms with Crippen LogP contribution in [0.3, 0.4) is 0 Å². The van der Waals surface area contributed by atoms with Crippen LogP contribution in [-0.2, 0) is 17.8 Å². The van der Waals surface area contributed by atoms with Gasteiger partial charge in [0.15, 0.2) is 0 Å². The van der Waals surface area contributed by atoms with Crippen LogP contribution in [-0.4, -0.2) is 23.3 Å². The topological polar surface area (TPSA) is 39.1 Å². The van der Waals surface area contributed by atoms with Gasteiger partial charge in [-0.1, -0.05) is 0 Å². The van der Waals surface area contributed by atoms with Crippen molar-refractivity contribution in [2.45, 2.75) is 26.9 Å². The van der Waals surface area contributed by atoms with E-state index in [0.29, 0.717) is 6.61 Å². The Hall–Kier alpha value is -1.33. The summed E-state index contributed by atoms with van der Waals surface area (Å²) in [6.07, 6.45) is 2.04. The fourth-order valence-corrected chi connectivity index (χ4v) is 2.65. The summed E-state index contributed by atoms with van der Waals surface area (Å²) in [5, 5.41) is 7.73. The Bertz CT molecular complexity index is 504. The summed E-state index contributed by atoms with van der Waals surface area (Å²) < 4.78 is 7.20. The minimum atomic E-state index is 0.696. The third-order valence-electron chi connectivity index (χ3n) is 2.83. The third-order valence-corrected chi connectivity index (χ3v) is 3.74. The van der Waals surface area contributed by atoms with E-state index in [1.165, 1.54) is 11.1 Å². The highest BCUT2D eigenvalue weighted by Crippen LogP contribution is 2.16. The van der Waals surface area contributed by atoms with Gasteiger partial charge in [0.2, 0.25) is 5.95 Å².